The number of nitrogens with one attached hydrogen (secondary N) is 2. The van der Waals surface area contributed by atoms with Crippen molar-refractivity contribution in [2.45, 2.75) is 12.8 Å². The largest absolute Gasteiger partial charge is 0.383 e. The van der Waals surface area contributed by atoms with Crippen LogP contribution in [-0.4, -0.2) is 16.1 Å². The van der Waals surface area contributed by atoms with E-state index in [4.69, 9.17) is 5.73 Å². The Morgan fingerprint density at radius 1 is 1.30 bits per heavy atom. The van der Waals surface area contributed by atoms with Crippen LogP contribution in [0.4, 0.5) is 11.5 Å². The molecule has 0 amide bonds. The third kappa shape index (κ3) is 2.74. The average molecular weight is 274 g/mol. The van der Waals surface area contributed by atoms with Gasteiger partial charge in [-0.1, -0.05) is 37.3 Å². The normalized spacial score (nSPS) is 12.1. The van der Waals surface area contributed by atoms with Gasteiger partial charge in [-0.25, -0.2) is 4.79 Å². The number of rotatable bonds is 4. The van der Waals surface area contributed by atoms with Crippen LogP contribution in [0.3, 0.4) is 0 Å². The van der Waals surface area contributed by atoms with E-state index >= 15 is 0 Å². The summed E-state index contributed by atoms with van der Waals surface area (Å²) < 4.78 is 1.21. The summed E-state index contributed by atoms with van der Waals surface area (Å²) >= 11 is 0. The molecule has 0 saturated heterocycles. The van der Waals surface area contributed by atoms with Crippen LogP contribution < -0.4 is 22.3 Å². The Hall–Kier alpha value is -2.50. The predicted octanol–water partition coefficient (Wildman–Crippen LogP) is 0.871. The van der Waals surface area contributed by atoms with Crippen molar-refractivity contribution in [3.63, 3.8) is 0 Å². The molecule has 6 heteroatoms. The van der Waals surface area contributed by atoms with Crippen molar-refractivity contribution >= 4 is 11.5 Å². The molecule has 4 N–H and O–H groups in total. The molecule has 1 atom stereocenters. The number of nitrogens with zero attached hydrogens (tertiary/aromatic N) is 1. The van der Waals surface area contributed by atoms with Gasteiger partial charge in [-0.05, 0) is 11.5 Å². The Morgan fingerprint density at radius 3 is 2.60 bits per heavy atom. The molecule has 0 radical (unpaired) electrons. The second kappa shape index (κ2) is 5.64. The minimum Gasteiger partial charge on any atom is -0.383 e. The monoisotopic (exact) mass is 274 g/mol. The number of nitrogen functional groups attached to an aromatic ring is 1. The summed E-state index contributed by atoms with van der Waals surface area (Å²) in [6.45, 7) is 2.60. The topological polar surface area (TPSA) is 92.9 Å². The quantitative estimate of drug-likeness (QED) is 0.771. The highest BCUT2D eigenvalue weighted by Crippen LogP contribution is 2.16. The van der Waals surface area contributed by atoms with Crippen LogP contribution in [0.25, 0.3) is 0 Å². The molecule has 0 spiro atoms. The number of hydrogen-bond acceptors (Lipinski definition) is 4. The van der Waals surface area contributed by atoms with Crippen LogP contribution in [0.5, 0.6) is 0 Å². The minimum absolute atomic E-state index is 0.138. The molecule has 0 bridgehead atoms. The zero-order chi connectivity index (χ0) is 14.7. The second-order valence-electron chi connectivity index (χ2n) is 4.77. The fourth-order valence-corrected chi connectivity index (χ4v) is 1.96. The molecule has 0 fully saturated rings. The number of aromatic amines is 1. The smallest absolute Gasteiger partial charge is 0.329 e. The molecule has 1 unspecified atom stereocenters. The minimum atomic E-state index is -0.519. The van der Waals surface area contributed by atoms with Gasteiger partial charge in [0.2, 0.25) is 0 Å². The predicted molar refractivity (Wildman–Crippen MR) is 80.1 cm³/mol. The molecule has 1 heterocycles. The number of hydrogen-bond donors (Lipinski definition) is 3. The molecule has 106 valence electrons. The Balaban J connectivity index is 2.18. The van der Waals surface area contributed by atoms with E-state index < -0.39 is 11.2 Å². The molecular formula is C14H18N4O2. The lowest BCUT2D eigenvalue weighted by Gasteiger charge is -2.15. The van der Waals surface area contributed by atoms with Crippen molar-refractivity contribution in [3.8, 4) is 0 Å². The lowest BCUT2D eigenvalue weighted by atomic mass is 10.0. The van der Waals surface area contributed by atoms with Gasteiger partial charge in [-0.3, -0.25) is 14.3 Å². The van der Waals surface area contributed by atoms with Crippen LogP contribution in [0.1, 0.15) is 18.4 Å². The highest BCUT2D eigenvalue weighted by Gasteiger charge is 2.11. The summed E-state index contributed by atoms with van der Waals surface area (Å²) in [4.78, 5) is 25.3. The third-order valence-corrected chi connectivity index (χ3v) is 3.32. The van der Waals surface area contributed by atoms with Crippen molar-refractivity contribution in [1.29, 1.82) is 0 Å². The molecule has 0 aliphatic carbocycles. The van der Waals surface area contributed by atoms with Crippen LogP contribution in [-0.2, 0) is 7.05 Å². The van der Waals surface area contributed by atoms with Gasteiger partial charge >= 0.3 is 5.69 Å². The van der Waals surface area contributed by atoms with Gasteiger partial charge in [0, 0.05) is 13.6 Å². The van der Waals surface area contributed by atoms with E-state index in [2.05, 4.69) is 17.2 Å². The van der Waals surface area contributed by atoms with Crippen molar-refractivity contribution in [2.24, 2.45) is 7.05 Å². The molecule has 1 aromatic heterocycles. The van der Waals surface area contributed by atoms with Crippen LogP contribution in [0.2, 0.25) is 0 Å². The molecule has 0 aliphatic rings. The molecule has 6 nitrogen and oxygen atoms in total. The number of H-pyrrole nitrogens is 1. The number of aromatic nitrogens is 2. The van der Waals surface area contributed by atoms with E-state index in [0.29, 0.717) is 6.54 Å². The first-order valence-electron chi connectivity index (χ1n) is 6.38. The summed E-state index contributed by atoms with van der Waals surface area (Å²) in [7, 11) is 1.51. The molecule has 1 aromatic carbocycles. The second-order valence-corrected chi connectivity index (χ2v) is 4.77. The fraction of sp³-hybridized carbons (Fsp3) is 0.286. The van der Waals surface area contributed by atoms with E-state index in [-0.39, 0.29) is 17.4 Å². The van der Waals surface area contributed by atoms with Crippen molar-refractivity contribution in [2.75, 3.05) is 17.6 Å². The van der Waals surface area contributed by atoms with Crippen molar-refractivity contribution < 1.29 is 0 Å². The maximum Gasteiger partial charge on any atom is 0.329 e. The molecule has 0 aliphatic heterocycles. The van der Waals surface area contributed by atoms with E-state index in [0.717, 1.165) is 0 Å². The maximum atomic E-state index is 11.8. The Bertz CT molecular complexity index is 703. The third-order valence-electron chi connectivity index (χ3n) is 3.32. The van der Waals surface area contributed by atoms with Gasteiger partial charge in [0.25, 0.3) is 5.56 Å². The highest BCUT2D eigenvalue weighted by molar-refractivity contribution is 5.60. The van der Waals surface area contributed by atoms with Gasteiger partial charge in [0.1, 0.15) is 11.5 Å². The molecule has 20 heavy (non-hydrogen) atoms. The van der Waals surface area contributed by atoms with Crippen LogP contribution in [0.15, 0.2) is 39.9 Å². The first-order valence-corrected chi connectivity index (χ1v) is 6.38. The molecule has 2 rings (SSSR count). The van der Waals surface area contributed by atoms with E-state index in [1.807, 2.05) is 30.3 Å². The molecule has 2 aromatic rings. The standard InChI is InChI=1S/C14H18N4O2/c1-9(10-6-4-3-5-7-10)8-16-11-12(15)18(2)14(20)17-13(11)19/h3-7,9,16H,8,15H2,1-2H3,(H,17,19,20). The van der Waals surface area contributed by atoms with Crippen LogP contribution in [0, 0.1) is 0 Å². The first kappa shape index (κ1) is 13.9. The van der Waals surface area contributed by atoms with Gasteiger partial charge in [-0.2, -0.15) is 0 Å². The SMILES string of the molecule is CC(CNc1c(N)n(C)c(=O)[nH]c1=O)c1ccccc1. The summed E-state index contributed by atoms with van der Waals surface area (Å²) in [5.74, 6) is 0.353. The first-order chi connectivity index (χ1) is 9.50. The number of anilines is 2. The highest BCUT2D eigenvalue weighted by atomic mass is 16.2. The van der Waals surface area contributed by atoms with Gasteiger partial charge in [0.15, 0.2) is 0 Å². The lowest BCUT2D eigenvalue weighted by Crippen LogP contribution is -2.33. The lowest BCUT2D eigenvalue weighted by molar-refractivity contribution is 0.786. The van der Waals surface area contributed by atoms with Crippen molar-refractivity contribution in [3.05, 3.63) is 56.7 Å². The van der Waals surface area contributed by atoms with E-state index in [1.165, 1.54) is 17.2 Å². The molecule has 0 saturated carbocycles. The Morgan fingerprint density at radius 2 is 1.95 bits per heavy atom. The Kier molecular flexibility index (Phi) is 3.93. The van der Waals surface area contributed by atoms with Gasteiger partial charge < -0.3 is 11.1 Å². The number of nitrogens with two attached hydrogens (primary N) is 1. The number of benzene rings is 1. The molecular weight excluding hydrogens is 256 g/mol. The Labute approximate surface area is 116 Å². The zero-order valence-electron chi connectivity index (χ0n) is 11.5. The van der Waals surface area contributed by atoms with E-state index in [1.54, 1.807) is 0 Å². The van der Waals surface area contributed by atoms with E-state index in [9.17, 15) is 9.59 Å². The summed E-state index contributed by atoms with van der Waals surface area (Å²) in [5.41, 5.74) is 6.17. The fourth-order valence-electron chi connectivity index (χ4n) is 1.96. The van der Waals surface area contributed by atoms with Crippen LogP contribution >= 0.6 is 0 Å². The zero-order valence-corrected chi connectivity index (χ0v) is 11.5. The van der Waals surface area contributed by atoms with Gasteiger partial charge in [-0.15, -0.1) is 0 Å². The summed E-state index contributed by atoms with van der Waals surface area (Å²) in [5, 5.41) is 3.02. The summed E-state index contributed by atoms with van der Waals surface area (Å²) in [6, 6.07) is 9.96. The average Bonchev–Trinajstić information content (AvgIpc) is 2.45. The van der Waals surface area contributed by atoms with Gasteiger partial charge in [0.05, 0.1) is 0 Å². The summed E-state index contributed by atoms with van der Waals surface area (Å²) in [6.07, 6.45) is 0. The van der Waals surface area contributed by atoms with Crippen molar-refractivity contribution in [1.82, 2.24) is 9.55 Å². The maximum absolute atomic E-state index is 11.8.